The van der Waals surface area contributed by atoms with Crippen molar-refractivity contribution in [1.82, 2.24) is 9.88 Å². The lowest BCUT2D eigenvalue weighted by atomic mass is 10.1. The van der Waals surface area contributed by atoms with Crippen LogP contribution < -0.4 is 10.5 Å². The van der Waals surface area contributed by atoms with Crippen molar-refractivity contribution in [2.75, 3.05) is 11.9 Å². The van der Waals surface area contributed by atoms with Crippen molar-refractivity contribution >= 4 is 23.5 Å². The van der Waals surface area contributed by atoms with Gasteiger partial charge >= 0.3 is 0 Å². The fourth-order valence-corrected chi connectivity index (χ4v) is 4.19. The van der Waals surface area contributed by atoms with Gasteiger partial charge in [-0.3, -0.25) is 14.8 Å². The summed E-state index contributed by atoms with van der Waals surface area (Å²) in [7, 11) is 0. The summed E-state index contributed by atoms with van der Waals surface area (Å²) in [5, 5.41) is 9.31. The summed E-state index contributed by atoms with van der Waals surface area (Å²) in [5.41, 5.74) is 0.783. The zero-order chi connectivity index (χ0) is 16.1. The van der Waals surface area contributed by atoms with Crippen LogP contribution in [0.15, 0.2) is 23.4 Å². The molecule has 0 radical (unpaired) electrons. The van der Waals surface area contributed by atoms with Crippen molar-refractivity contribution in [3.05, 3.63) is 18.3 Å². The van der Waals surface area contributed by atoms with E-state index in [-0.39, 0.29) is 11.9 Å². The van der Waals surface area contributed by atoms with Gasteiger partial charge in [-0.05, 0) is 56.3 Å². The summed E-state index contributed by atoms with van der Waals surface area (Å²) in [5.74, 6) is 0.117. The Morgan fingerprint density at radius 2 is 2.00 bits per heavy atom. The third-order valence-corrected chi connectivity index (χ3v) is 5.48. The fourth-order valence-electron chi connectivity index (χ4n) is 3.87. The largest absolute Gasteiger partial charge is 0.325 e. The maximum absolute atomic E-state index is 12.7. The number of anilines is 1. The van der Waals surface area contributed by atoms with E-state index in [1.165, 1.54) is 38.5 Å². The van der Waals surface area contributed by atoms with Gasteiger partial charge in [-0.25, -0.2) is 4.98 Å². The molecule has 3 N–H and O–H groups in total. The molecule has 1 atom stereocenters. The number of carbonyl (C=O) groups is 1. The van der Waals surface area contributed by atoms with E-state index in [0.29, 0.717) is 6.04 Å². The molecule has 1 aliphatic carbocycles. The van der Waals surface area contributed by atoms with E-state index in [1.807, 2.05) is 12.1 Å². The second-order valence-electron chi connectivity index (χ2n) is 6.53. The number of hydrogen-bond acceptors (Lipinski definition) is 5. The highest BCUT2D eigenvalue weighted by molar-refractivity contribution is 7.97. The molecule has 1 aromatic heterocycles. The number of likely N-dealkylation sites (tertiary alicyclic amines) is 1. The van der Waals surface area contributed by atoms with Gasteiger partial charge in [0.25, 0.3) is 0 Å². The SMILES string of the molecule is NSc1cc(NC(=O)[C@@H]2CCCN2C2CCCCCC2)ccn1. The van der Waals surface area contributed by atoms with E-state index in [2.05, 4.69) is 15.2 Å². The number of nitrogens with zero attached hydrogens (tertiary/aromatic N) is 2. The minimum atomic E-state index is 0.0141. The minimum Gasteiger partial charge on any atom is -0.325 e. The zero-order valence-corrected chi connectivity index (χ0v) is 14.4. The highest BCUT2D eigenvalue weighted by Crippen LogP contribution is 2.29. The second kappa shape index (κ2) is 8.13. The van der Waals surface area contributed by atoms with Crippen LogP contribution in [0.4, 0.5) is 5.69 Å². The first kappa shape index (κ1) is 16.7. The summed E-state index contributed by atoms with van der Waals surface area (Å²) in [6.07, 6.45) is 11.5. The first-order valence-electron chi connectivity index (χ1n) is 8.67. The Morgan fingerprint density at radius 1 is 1.22 bits per heavy atom. The normalized spacial score (nSPS) is 23.6. The van der Waals surface area contributed by atoms with E-state index in [4.69, 9.17) is 5.14 Å². The third-order valence-electron chi connectivity index (χ3n) is 5.01. The van der Waals surface area contributed by atoms with Gasteiger partial charge in [0.05, 0.1) is 6.04 Å². The van der Waals surface area contributed by atoms with Crippen molar-refractivity contribution in [2.24, 2.45) is 5.14 Å². The van der Waals surface area contributed by atoms with Crippen molar-refractivity contribution in [2.45, 2.75) is 68.5 Å². The fraction of sp³-hybridized carbons (Fsp3) is 0.647. The van der Waals surface area contributed by atoms with Crippen LogP contribution in [0.25, 0.3) is 0 Å². The number of carbonyl (C=O) groups excluding carboxylic acids is 1. The number of nitrogens with one attached hydrogen (secondary N) is 1. The second-order valence-corrected chi connectivity index (χ2v) is 7.19. The number of pyridine rings is 1. The van der Waals surface area contributed by atoms with E-state index in [1.54, 1.807) is 6.20 Å². The van der Waals surface area contributed by atoms with E-state index >= 15 is 0 Å². The van der Waals surface area contributed by atoms with Gasteiger partial charge in [0.15, 0.2) is 0 Å². The molecule has 126 valence electrons. The van der Waals surface area contributed by atoms with E-state index in [9.17, 15) is 4.79 Å². The molecule has 1 aromatic rings. The maximum Gasteiger partial charge on any atom is 0.241 e. The highest BCUT2D eigenvalue weighted by Gasteiger charge is 2.35. The van der Waals surface area contributed by atoms with Crippen molar-refractivity contribution in [3.63, 3.8) is 0 Å². The molecule has 1 saturated carbocycles. The Balaban J connectivity index is 1.65. The topological polar surface area (TPSA) is 71.2 Å². The van der Waals surface area contributed by atoms with Gasteiger partial charge in [0.2, 0.25) is 5.91 Å². The molecule has 1 saturated heterocycles. The first-order chi connectivity index (χ1) is 11.3. The third kappa shape index (κ3) is 4.25. The molecule has 0 bridgehead atoms. The minimum absolute atomic E-state index is 0.0141. The molecule has 2 aliphatic rings. The van der Waals surface area contributed by atoms with Crippen molar-refractivity contribution in [3.8, 4) is 0 Å². The molecule has 0 spiro atoms. The monoisotopic (exact) mass is 334 g/mol. The standard InChI is InChI=1S/C17H26N4OS/c18-23-16-12-13(9-10-19-16)20-17(22)15-8-5-11-21(15)14-6-3-1-2-4-7-14/h9-10,12,14-15H,1-8,11,18H2,(H,19,20,22)/t15-/m0/s1. The van der Waals surface area contributed by atoms with Crippen molar-refractivity contribution < 1.29 is 4.79 Å². The Bertz CT molecular complexity index is 531. The molecule has 2 heterocycles. The van der Waals surface area contributed by atoms with Crippen LogP contribution in [-0.2, 0) is 4.79 Å². The predicted molar refractivity (Wildman–Crippen MR) is 94.1 cm³/mol. The Labute approximate surface area is 142 Å². The lowest BCUT2D eigenvalue weighted by molar-refractivity contribution is -0.121. The molecule has 0 unspecified atom stereocenters. The Kier molecular flexibility index (Phi) is 5.91. The lowest BCUT2D eigenvalue weighted by Gasteiger charge is -2.31. The van der Waals surface area contributed by atoms with Crippen LogP contribution in [-0.4, -0.2) is 34.4 Å². The Morgan fingerprint density at radius 3 is 2.74 bits per heavy atom. The molecule has 1 amide bonds. The van der Waals surface area contributed by atoms with Crippen LogP contribution in [0.2, 0.25) is 0 Å². The summed E-state index contributed by atoms with van der Waals surface area (Å²) in [6, 6.07) is 4.25. The molecule has 0 aromatic carbocycles. The van der Waals surface area contributed by atoms with Crippen LogP contribution >= 0.6 is 11.9 Å². The molecule has 2 fully saturated rings. The van der Waals surface area contributed by atoms with Crippen LogP contribution in [0.5, 0.6) is 0 Å². The van der Waals surface area contributed by atoms with Crippen LogP contribution in [0.3, 0.4) is 0 Å². The molecule has 23 heavy (non-hydrogen) atoms. The number of rotatable bonds is 4. The van der Waals surface area contributed by atoms with Crippen LogP contribution in [0, 0.1) is 0 Å². The van der Waals surface area contributed by atoms with Gasteiger partial charge in [-0.15, -0.1) is 0 Å². The predicted octanol–water partition coefficient (Wildman–Crippen LogP) is 3.17. The average molecular weight is 334 g/mol. The summed E-state index contributed by atoms with van der Waals surface area (Å²) in [6.45, 7) is 1.06. The first-order valence-corrected chi connectivity index (χ1v) is 9.55. The van der Waals surface area contributed by atoms with E-state index < -0.39 is 0 Å². The number of aromatic nitrogens is 1. The lowest BCUT2D eigenvalue weighted by Crippen LogP contribution is -2.45. The van der Waals surface area contributed by atoms with Gasteiger partial charge in [-0.2, -0.15) is 0 Å². The quantitative estimate of drug-likeness (QED) is 0.654. The molecular formula is C17H26N4OS. The highest BCUT2D eigenvalue weighted by atomic mass is 32.2. The zero-order valence-electron chi connectivity index (χ0n) is 13.5. The summed E-state index contributed by atoms with van der Waals surface area (Å²) < 4.78 is 0. The van der Waals surface area contributed by atoms with Gasteiger partial charge in [-0.1, -0.05) is 25.7 Å². The molecular weight excluding hydrogens is 308 g/mol. The Hall–Kier alpha value is -1.11. The average Bonchev–Trinajstić information content (AvgIpc) is 2.91. The molecule has 3 rings (SSSR count). The summed E-state index contributed by atoms with van der Waals surface area (Å²) in [4.78, 5) is 19.3. The van der Waals surface area contributed by atoms with Gasteiger partial charge in [0, 0.05) is 17.9 Å². The number of nitrogens with two attached hydrogens (primary N) is 1. The van der Waals surface area contributed by atoms with Gasteiger partial charge in [0.1, 0.15) is 5.03 Å². The van der Waals surface area contributed by atoms with Crippen LogP contribution in [0.1, 0.15) is 51.4 Å². The van der Waals surface area contributed by atoms with Gasteiger partial charge < -0.3 is 5.32 Å². The number of hydrogen-bond donors (Lipinski definition) is 2. The maximum atomic E-state index is 12.7. The van der Waals surface area contributed by atoms with E-state index in [0.717, 1.165) is 42.0 Å². The summed E-state index contributed by atoms with van der Waals surface area (Å²) >= 11 is 1.10. The molecule has 5 nitrogen and oxygen atoms in total. The molecule has 1 aliphatic heterocycles. The smallest absolute Gasteiger partial charge is 0.241 e. The number of amides is 1. The molecule has 6 heteroatoms. The van der Waals surface area contributed by atoms with Crippen molar-refractivity contribution in [1.29, 1.82) is 0 Å².